The summed E-state index contributed by atoms with van der Waals surface area (Å²) in [6, 6.07) is 10.7. The molecule has 0 aliphatic rings. The average molecular weight is 411 g/mol. The summed E-state index contributed by atoms with van der Waals surface area (Å²) in [5.74, 6) is 0. The van der Waals surface area contributed by atoms with E-state index in [-0.39, 0.29) is 0 Å². The monoisotopic (exact) mass is 412 g/mol. The van der Waals surface area contributed by atoms with Gasteiger partial charge in [-0.2, -0.15) is 0 Å². The van der Waals surface area contributed by atoms with Gasteiger partial charge in [0.15, 0.2) is 0 Å². The molecular weight excluding hydrogens is 390 g/mol. The number of ether oxygens (including phenoxy) is 1. The molecule has 134 valence electrons. The van der Waals surface area contributed by atoms with E-state index in [1.54, 1.807) is 0 Å². The fraction of sp³-hybridized carbons (Fsp3) is 0.400. The predicted octanol–water partition coefficient (Wildman–Crippen LogP) is 2.47. The molecule has 0 radical (unpaired) electrons. The van der Waals surface area contributed by atoms with Crippen LogP contribution < -0.4 is 9.03 Å². The smallest absolute Gasteiger partial charge is 0.418 e. The largest absolute Gasteiger partial charge is 0.673 e. The molecule has 2 aromatic rings. The zero-order valence-electron chi connectivity index (χ0n) is 13.6. The molecule has 1 aromatic heterocycles. The second-order valence-electron chi connectivity index (χ2n) is 5.12. The van der Waals surface area contributed by atoms with Crippen LogP contribution in [0.4, 0.5) is 17.3 Å². The molecule has 24 heavy (non-hydrogen) atoms. The molecule has 0 bridgehead atoms. The van der Waals surface area contributed by atoms with E-state index in [1.807, 2.05) is 17.8 Å². The second kappa shape index (κ2) is 10.5. The van der Waals surface area contributed by atoms with Gasteiger partial charge < -0.3 is 17.3 Å². The molecule has 0 fully saturated rings. The third kappa shape index (κ3) is 11.3. The van der Waals surface area contributed by atoms with Crippen molar-refractivity contribution in [1.82, 2.24) is 4.57 Å². The Hall–Kier alpha value is -1.31. The average Bonchev–Trinajstić information content (AvgIpc) is 2.90. The summed E-state index contributed by atoms with van der Waals surface area (Å²) in [7, 11) is -3.97. The van der Waals surface area contributed by atoms with Crippen LogP contribution >= 0.6 is 0 Å². The van der Waals surface area contributed by atoms with Gasteiger partial charge in [0.25, 0.3) is 0 Å². The van der Waals surface area contributed by atoms with Gasteiger partial charge >= 0.3 is 128 Å². The molecular formula is C15H21BF4N2OSe. The van der Waals surface area contributed by atoms with E-state index in [0.29, 0.717) is 21.1 Å². The van der Waals surface area contributed by atoms with Crippen LogP contribution in [0.1, 0.15) is 6.92 Å². The van der Waals surface area contributed by atoms with E-state index in [4.69, 9.17) is 4.74 Å². The molecule has 0 aliphatic carbocycles. The van der Waals surface area contributed by atoms with Gasteiger partial charge in [-0.3, -0.25) is 0 Å². The molecule has 0 aliphatic heterocycles. The summed E-state index contributed by atoms with van der Waals surface area (Å²) in [5.41, 5.74) is 0. The topological polar surface area (TPSA) is 18.0 Å². The Bertz CT molecular complexity index is 574. The minimum absolute atomic E-state index is 0.338. The van der Waals surface area contributed by atoms with Gasteiger partial charge in [-0.1, -0.05) is 0 Å². The van der Waals surface area contributed by atoms with Crippen molar-refractivity contribution in [1.29, 1.82) is 0 Å². The molecule has 1 aromatic carbocycles. The van der Waals surface area contributed by atoms with Crippen LogP contribution in [0.25, 0.3) is 0 Å². The van der Waals surface area contributed by atoms with Gasteiger partial charge in [0, 0.05) is 0 Å². The Morgan fingerprint density at radius 1 is 1.21 bits per heavy atom. The summed E-state index contributed by atoms with van der Waals surface area (Å²) in [6.07, 6.45) is 6.52. The maximum atomic E-state index is 9.75. The van der Waals surface area contributed by atoms with Crippen molar-refractivity contribution in [2.24, 2.45) is 7.05 Å². The van der Waals surface area contributed by atoms with Crippen LogP contribution in [0, 0.1) is 0 Å². The molecule has 0 saturated carbocycles. The normalized spacial score (nSPS) is 12.4. The van der Waals surface area contributed by atoms with E-state index < -0.39 is 7.25 Å². The zero-order valence-corrected chi connectivity index (χ0v) is 15.3. The molecule has 0 saturated heterocycles. The zero-order chi connectivity index (χ0) is 18.0. The number of hydrogen-bond acceptors (Lipinski definition) is 1. The summed E-state index contributed by atoms with van der Waals surface area (Å²) < 4.78 is 50.5. The van der Waals surface area contributed by atoms with Crippen LogP contribution in [-0.2, 0) is 18.3 Å². The standard InChI is InChI=1S/C15H21N2OSe.BF4/c1-14(12-19-15-6-4-3-5-7-15)18-11-10-17-9-8-16(2)13-17;2-1(3,4)5/h3-9,13-14H,10-12H2,1-2H3;/q+1;-1. The fourth-order valence-electron chi connectivity index (χ4n) is 1.77. The number of benzene rings is 1. The second-order valence-corrected chi connectivity index (χ2v) is 7.41. The number of aromatic nitrogens is 2. The van der Waals surface area contributed by atoms with Crippen LogP contribution in [0.2, 0.25) is 5.32 Å². The fourth-order valence-corrected chi connectivity index (χ4v) is 3.60. The summed E-state index contributed by atoms with van der Waals surface area (Å²) >= 11 is 0.514. The maximum absolute atomic E-state index is 9.75. The van der Waals surface area contributed by atoms with Gasteiger partial charge in [-0.15, -0.1) is 0 Å². The van der Waals surface area contributed by atoms with Crippen LogP contribution in [0.3, 0.4) is 0 Å². The predicted molar refractivity (Wildman–Crippen MR) is 87.8 cm³/mol. The molecule has 1 atom stereocenters. The number of imidazole rings is 1. The molecule has 2 rings (SSSR count). The van der Waals surface area contributed by atoms with Crippen molar-refractivity contribution in [3.8, 4) is 0 Å². The number of nitrogens with zero attached hydrogens (tertiary/aromatic N) is 2. The van der Waals surface area contributed by atoms with E-state index in [1.165, 1.54) is 4.46 Å². The molecule has 9 heteroatoms. The Morgan fingerprint density at radius 2 is 1.83 bits per heavy atom. The van der Waals surface area contributed by atoms with Crippen molar-refractivity contribution in [2.75, 3.05) is 6.61 Å². The summed E-state index contributed by atoms with van der Waals surface area (Å²) in [6.45, 7) is 3.87. The maximum Gasteiger partial charge on any atom is 0.673 e. The third-order valence-electron chi connectivity index (χ3n) is 2.80. The van der Waals surface area contributed by atoms with Gasteiger partial charge in [-0.05, 0) is 0 Å². The van der Waals surface area contributed by atoms with Crippen LogP contribution in [0.15, 0.2) is 49.1 Å². The molecule has 3 nitrogen and oxygen atoms in total. The van der Waals surface area contributed by atoms with Crippen LogP contribution in [-0.4, -0.2) is 39.5 Å². The molecule has 0 amide bonds. The number of rotatable bonds is 7. The molecule has 1 unspecified atom stereocenters. The molecule has 0 spiro atoms. The van der Waals surface area contributed by atoms with Gasteiger partial charge in [0.05, 0.1) is 0 Å². The van der Waals surface area contributed by atoms with E-state index in [0.717, 1.165) is 18.5 Å². The molecule has 1 heterocycles. The van der Waals surface area contributed by atoms with Crippen molar-refractivity contribution in [2.45, 2.75) is 24.9 Å². The Labute approximate surface area is 145 Å². The van der Waals surface area contributed by atoms with E-state index in [2.05, 4.69) is 54.3 Å². The Morgan fingerprint density at radius 3 is 2.38 bits per heavy atom. The summed E-state index contributed by atoms with van der Waals surface area (Å²) in [4.78, 5) is 0. The third-order valence-corrected chi connectivity index (χ3v) is 5.41. The first kappa shape index (κ1) is 20.7. The van der Waals surface area contributed by atoms with E-state index in [9.17, 15) is 17.3 Å². The first-order valence-electron chi connectivity index (χ1n) is 7.42. The van der Waals surface area contributed by atoms with Crippen molar-refractivity contribution < 1.29 is 26.6 Å². The molecule has 0 N–H and O–H groups in total. The van der Waals surface area contributed by atoms with Gasteiger partial charge in [0.2, 0.25) is 0 Å². The van der Waals surface area contributed by atoms with Crippen LogP contribution in [0.5, 0.6) is 0 Å². The minimum Gasteiger partial charge on any atom is -0.418 e. The SMILES string of the molecule is CC(C[Se]c1ccccc1)OCCn1cc[n+](C)c1.F[B-](F)(F)F. The van der Waals surface area contributed by atoms with Gasteiger partial charge in [-0.25, -0.2) is 0 Å². The first-order valence-corrected chi connectivity index (χ1v) is 9.48. The first-order chi connectivity index (χ1) is 11.2. The van der Waals surface area contributed by atoms with Crippen molar-refractivity contribution in [3.63, 3.8) is 0 Å². The Balaban J connectivity index is 0.000000505. The number of hydrogen-bond donors (Lipinski definition) is 0. The Kier molecular flexibility index (Phi) is 9.10. The quantitative estimate of drug-likeness (QED) is 0.389. The van der Waals surface area contributed by atoms with Gasteiger partial charge in [0.1, 0.15) is 0 Å². The van der Waals surface area contributed by atoms with Crippen molar-refractivity contribution >= 4 is 26.7 Å². The van der Waals surface area contributed by atoms with Crippen molar-refractivity contribution in [3.05, 3.63) is 49.1 Å². The van der Waals surface area contributed by atoms with E-state index >= 15 is 0 Å². The number of halogens is 4. The number of aryl methyl sites for hydroxylation is 1. The minimum atomic E-state index is -6.00. The summed E-state index contributed by atoms with van der Waals surface area (Å²) in [5, 5.41) is 1.14.